The van der Waals surface area contributed by atoms with E-state index < -0.39 is 0 Å². The van der Waals surface area contributed by atoms with Gasteiger partial charge in [0.2, 0.25) is 0 Å². The van der Waals surface area contributed by atoms with E-state index >= 15 is 0 Å². The normalized spacial score (nSPS) is 23.1. The molecule has 2 saturated heterocycles. The lowest BCUT2D eigenvalue weighted by Gasteiger charge is -2.53. The molecular weight excluding hydrogens is 284 g/mol. The van der Waals surface area contributed by atoms with Gasteiger partial charge >= 0.3 is 0 Å². The zero-order valence-corrected chi connectivity index (χ0v) is 15.1. The fraction of sp³-hybridized carbons (Fsp3) is 0.650. The molecule has 2 heterocycles. The van der Waals surface area contributed by atoms with Crippen molar-refractivity contribution in [2.24, 2.45) is 0 Å². The second-order valence-electron chi connectivity index (χ2n) is 8.36. The van der Waals surface area contributed by atoms with E-state index in [0.717, 1.165) is 31.5 Å². The number of hydrogen-bond acceptors (Lipinski definition) is 2. The van der Waals surface area contributed by atoms with E-state index in [4.69, 9.17) is 0 Å². The molecule has 2 aliphatic rings. The van der Waals surface area contributed by atoms with Crippen molar-refractivity contribution < 1.29 is 4.79 Å². The van der Waals surface area contributed by atoms with Crippen LogP contribution in [0.25, 0.3) is 0 Å². The molecule has 1 aromatic rings. The summed E-state index contributed by atoms with van der Waals surface area (Å²) in [5.74, 6) is 0.174. The Bertz CT molecular complexity index is 552. The van der Waals surface area contributed by atoms with Crippen molar-refractivity contribution in [2.45, 2.75) is 70.9 Å². The number of rotatable bonds is 2. The van der Waals surface area contributed by atoms with Gasteiger partial charge in [0.25, 0.3) is 5.91 Å². The average Bonchev–Trinajstić information content (AvgIpc) is 2.99. The van der Waals surface area contributed by atoms with Gasteiger partial charge in [-0.05, 0) is 84.1 Å². The Balaban J connectivity index is 1.83. The molecule has 0 aromatic heterocycles. The summed E-state index contributed by atoms with van der Waals surface area (Å²) in [7, 11) is 0. The SMILES string of the molecule is CC1(C)CCCC(C)(C)N1C(=O)c1ccc(N2CCCC2)cc1. The maximum absolute atomic E-state index is 13.2. The summed E-state index contributed by atoms with van der Waals surface area (Å²) < 4.78 is 0. The van der Waals surface area contributed by atoms with Crippen LogP contribution >= 0.6 is 0 Å². The van der Waals surface area contributed by atoms with Gasteiger partial charge < -0.3 is 9.80 Å². The van der Waals surface area contributed by atoms with E-state index in [9.17, 15) is 4.79 Å². The van der Waals surface area contributed by atoms with Crippen molar-refractivity contribution in [3.05, 3.63) is 29.8 Å². The molecule has 3 rings (SSSR count). The lowest BCUT2D eigenvalue weighted by atomic mass is 9.79. The predicted octanol–water partition coefficient (Wildman–Crippen LogP) is 4.47. The molecule has 1 amide bonds. The molecular formula is C20H30N2O. The molecule has 0 aliphatic carbocycles. The number of hydrogen-bond donors (Lipinski definition) is 0. The summed E-state index contributed by atoms with van der Waals surface area (Å²) in [6.07, 6.45) is 5.90. The van der Waals surface area contributed by atoms with E-state index in [-0.39, 0.29) is 17.0 Å². The first-order valence-electron chi connectivity index (χ1n) is 9.01. The van der Waals surface area contributed by atoms with Crippen LogP contribution in [-0.4, -0.2) is 35.0 Å². The molecule has 0 atom stereocenters. The minimum absolute atomic E-state index is 0.0769. The number of likely N-dealkylation sites (tertiary alicyclic amines) is 1. The van der Waals surface area contributed by atoms with Gasteiger partial charge in [-0.15, -0.1) is 0 Å². The van der Waals surface area contributed by atoms with Gasteiger partial charge in [0.05, 0.1) is 0 Å². The molecule has 3 heteroatoms. The number of anilines is 1. The number of benzene rings is 1. The maximum atomic E-state index is 13.2. The Hall–Kier alpha value is -1.51. The van der Waals surface area contributed by atoms with Gasteiger partial charge in [-0.25, -0.2) is 0 Å². The van der Waals surface area contributed by atoms with Crippen molar-refractivity contribution in [1.29, 1.82) is 0 Å². The largest absolute Gasteiger partial charge is 0.372 e. The summed E-state index contributed by atoms with van der Waals surface area (Å²) in [6, 6.07) is 8.25. The molecule has 2 fully saturated rings. The number of amides is 1. The van der Waals surface area contributed by atoms with E-state index in [1.165, 1.54) is 24.9 Å². The Morgan fingerprint density at radius 2 is 1.39 bits per heavy atom. The van der Waals surface area contributed by atoms with Crippen molar-refractivity contribution in [2.75, 3.05) is 18.0 Å². The standard InChI is InChI=1S/C20H30N2O/c1-19(2)12-7-13-20(3,4)22(19)18(23)16-8-10-17(11-9-16)21-14-5-6-15-21/h8-11H,5-7,12-15H2,1-4H3. The Kier molecular flexibility index (Phi) is 4.16. The first-order chi connectivity index (χ1) is 10.8. The lowest BCUT2D eigenvalue weighted by Crippen LogP contribution is -2.60. The lowest BCUT2D eigenvalue weighted by molar-refractivity contribution is -0.0111. The maximum Gasteiger partial charge on any atom is 0.254 e. The molecule has 0 unspecified atom stereocenters. The van der Waals surface area contributed by atoms with Gasteiger partial charge in [-0.1, -0.05) is 0 Å². The monoisotopic (exact) mass is 314 g/mol. The Morgan fingerprint density at radius 3 is 1.91 bits per heavy atom. The molecule has 0 saturated carbocycles. The van der Waals surface area contributed by atoms with Crippen LogP contribution in [0.2, 0.25) is 0 Å². The van der Waals surface area contributed by atoms with Crippen LogP contribution in [0.4, 0.5) is 5.69 Å². The van der Waals surface area contributed by atoms with Gasteiger partial charge in [-0.2, -0.15) is 0 Å². The van der Waals surface area contributed by atoms with Crippen LogP contribution in [0.15, 0.2) is 24.3 Å². The van der Waals surface area contributed by atoms with Crippen LogP contribution in [0, 0.1) is 0 Å². The zero-order chi connectivity index (χ0) is 16.7. The minimum Gasteiger partial charge on any atom is -0.372 e. The fourth-order valence-corrected chi connectivity index (χ4v) is 4.47. The van der Waals surface area contributed by atoms with Crippen LogP contribution in [0.1, 0.15) is 70.2 Å². The predicted molar refractivity (Wildman–Crippen MR) is 96.1 cm³/mol. The van der Waals surface area contributed by atoms with Crippen molar-refractivity contribution in [1.82, 2.24) is 4.90 Å². The Morgan fingerprint density at radius 1 is 0.870 bits per heavy atom. The van der Waals surface area contributed by atoms with Crippen LogP contribution in [0.3, 0.4) is 0 Å². The zero-order valence-electron chi connectivity index (χ0n) is 15.1. The van der Waals surface area contributed by atoms with Gasteiger partial charge in [-0.3, -0.25) is 4.79 Å². The molecule has 0 radical (unpaired) electrons. The topological polar surface area (TPSA) is 23.6 Å². The molecule has 126 valence electrons. The quantitative estimate of drug-likeness (QED) is 0.804. The van der Waals surface area contributed by atoms with Crippen molar-refractivity contribution >= 4 is 11.6 Å². The third kappa shape index (κ3) is 3.11. The van der Waals surface area contributed by atoms with Crippen LogP contribution in [-0.2, 0) is 0 Å². The first kappa shape index (κ1) is 16.4. The summed E-state index contributed by atoms with van der Waals surface area (Å²) in [4.78, 5) is 17.7. The Labute approximate surface area is 140 Å². The summed E-state index contributed by atoms with van der Waals surface area (Å²) in [5, 5.41) is 0. The van der Waals surface area contributed by atoms with Crippen LogP contribution in [0.5, 0.6) is 0 Å². The highest BCUT2D eigenvalue weighted by Gasteiger charge is 2.44. The third-order valence-corrected chi connectivity index (χ3v) is 5.58. The van der Waals surface area contributed by atoms with E-state index in [1.807, 2.05) is 12.1 Å². The molecule has 0 N–H and O–H groups in total. The fourth-order valence-electron chi connectivity index (χ4n) is 4.47. The third-order valence-electron chi connectivity index (χ3n) is 5.58. The van der Waals surface area contributed by atoms with Gasteiger partial charge in [0, 0.05) is 35.4 Å². The highest BCUT2D eigenvalue weighted by atomic mass is 16.2. The van der Waals surface area contributed by atoms with Gasteiger partial charge in [0.1, 0.15) is 0 Å². The van der Waals surface area contributed by atoms with E-state index in [0.29, 0.717) is 0 Å². The van der Waals surface area contributed by atoms with Crippen molar-refractivity contribution in [3.8, 4) is 0 Å². The molecule has 23 heavy (non-hydrogen) atoms. The summed E-state index contributed by atoms with van der Waals surface area (Å²) in [5.41, 5.74) is 1.91. The molecule has 1 aromatic carbocycles. The first-order valence-corrected chi connectivity index (χ1v) is 9.01. The second kappa shape index (κ2) is 5.85. The molecule has 3 nitrogen and oxygen atoms in total. The number of carbonyl (C=O) groups excluding carboxylic acids is 1. The molecule has 2 aliphatic heterocycles. The van der Waals surface area contributed by atoms with Crippen molar-refractivity contribution in [3.63, 3.8) is 0 Å². The highest BCUT2D eigenvalue weighted by Crippen LogP contribution is 2.39. The highest BCUT2D eigenvalue weighted by molar-refractivity contribution is 5.95. The summed E-state index contributed by atoms with van der Waals surface area (Å²) in [6.45, 7) is 11.1. The van der Waals surface area contributed by atoms with Gasteiger partial charge in [0.15, 0.2) is 0 Å². The molecule has 0 spiro atoms. The van der Waals surface area contributed by atoms with Crippen LogP contribution < -0.4 is 4.90 Å². The summed E-state index contributed by atoms with van der Waals surface area (Å²) >= 11 is 0. The van der Waals surface area contributed by atoms with E-state index in [1.54, 1.807) is 0 Å². The molecule has 0 bridgehead atoms. The number of nitrogens with zero attached hydrogens (tertiary/aromatic N) is 2. The number of piperidine rings is 1. The minimum atomic E-state index is -0.0769. The average molecular weight is 314 g/mol. The number of carbonyl (C=O) groups is 1. The van der Waals surface area contributed by atoms with E-state index in [2.05, 4.69) is 49.6 Å². The second-order valence-corrected chi connectivity index (χ2v) is 8.36. The smallest absolute Gasteiger partial charge is 0.254 e.